The van der Waals surface area contributed by atoms with E-state index in [0.29, 0.717) is 30.6 Å². The molecule has 2 fully saturated rings. The van der Waals surface area contributed by atoms with Gasteiger partial charge in [0.05, 0.1) is 4.90 Å². The van der Waals surface area contributed by atoms with E-state index in [1.54, 1.807) is 23.5 Å². The van der Waals surface area contributed by atoms with E-state index in [1.807, 2.05) is 19.2 Å². The van der Waals surface area contributed by atoms with Crippen molar-refractivity contribution in [1.29, 1.82) is 0 Å². The summed E-state index contributed by atoms with van der Waals surface area (Å²) in [5.41, 5.74) is 0.780. The molecule has 0 saturated carbocycles. The van der Waals surface area contributed by atoms with E-state index in [4.69, 9.17) is 0 Å². The second-order valence-corrected chi connectivity index (χ2v) is 10.4. The second kappa shape index (κ2) is 9.68. The highest BCUT2D eigenvalue weighted by atomic mass is 32.2. The van der Waals surface area contributed by atoms with Gasteiger partial charge in [-0.3, -0.25) is 9.89 Å². The molecule has 3 heterocycles. The summed E-state index contributed by atoms with van der Waals surface area (Å²) < 4.78 is 28.2. The normalized spacial score (nSPS) is 24.3. The summed E-state index contributed by atoms with van der Waals surface area (Å²) in [4.78, 5) is 11.8. The van der Waals surface area contributed by atoms with E-state index >= 15 is 0 Å². The van der Waals surface area contributed by atoms with Crippen molar-refractivity contribution in [2.24, 2.45) is 4.99 Å². The standard InChI is InChI=1S/C22H34N6O2S/c1-23-22(27-12-9-20(18-27)26-10-5-6-11-26)24-17-19-7-3-4-8-21(19)31(29,30)28-15-13-25(2)14-16-28/h3-8,20H,9-18H2,1-2H3,(H,23,24). The smallest absolute Gasteiger partial charge is 0.243 e. The van der Waals surface area contributed by atoms with Crippen LogP contribution in [0.5, 0.6) is 0 Å². The van der Waals surface area contributed by atoms with Crippen LogP contribution in [-0.2, 0) is 16.6 Å². The summed E-state index contributed by atoms with van der Waals surface area (Å²) in [6.45, 7) is 6.98. The highest BCUT2D eigenvalue weighted by Gasteiger charge is 2.31. The lowest BCUT2D eigenvalue weighted by Gasteiger charge is -2.32. The molecule has 4 rings (SSSR count). The maximum atomic E-state index is 13.3. The average Bonchev–Trinajstić information content (AvgIpc) is 3.47. The zero-order chi connectivity index (χ0) is 21.8. The lowest BCUT2D eigenvalue weighted by atomic mass is 10.2. The molecule has 170 valence electrons. The number of likely N-dealkylation sites (N-methyl/N-ethyl adjacent to an activating group) is 1. The Balaban J connectivity index is 1.41. The van der Waals surface area contributed by atoms with Gasteiger partial charge in [0.1, 0.15) is 0 Å². The minimum Gasteiger partial charge on any atom is -0.352 e. The summed E-state index contributed by atoms with van der Waals surface area (Å²) in [5, 5.41) is 3.41. The molecule has 2 saturated heterocycles. The molecule has 0 aliphatic carbocycles. The second-order valence-electron chi connectivity index (χ2n) is 8.53. The zero-order valence-corrected chi connectivity index (χ0v) is 19.4. The molecule has 0 radical (unpaired) electrons. The van der Waals surface area contributed by atoms with E-state index in [-0.39, 0.29) is 0 Å². The third-order valence-electron chi connectivity index (χ3n) is 6.53. The van der Waals surface area contributed by atoms with Crippen molar-refractivity contribution in [3.63, 3.8) is 0 Å². The van der Waals surface area contributed by atoms with Crippen molar-refractivity contribution in [2.75, 3.05) is 66.5 Å². The maximum absolute atomic E-state index is 13.3. The van der Waals surface area contributed by atoms with Crippen LogP contribution in [0.1, 0.15) is 12.0 Å². The summed E-state index contributed by atoms with van der Waals surface area (Å²) in [6.07, 6.45) is 5.58. The van der Waals surface area contributed by atoms with Crippen LogP contribution in [-0.4, -0.2) is 106 Å². The summed E-state index contributed by atoms with van der Waals surface area (Å²) in [5.74, 6) is 0.835. The Labute approximate surface area is 186 Å². The van der Waals surface area contributed by atoms with Gasteiger partial charge in [0.15, 0.2) is 5.96 Å². The zero-order valence-electron chi connectivity index (χ0n) is 18.6. The molecule has 1 atom stereocenters. The number of nitrogens with zero attached hydrogens (tertiary/aromatic N) is 5. The quantitative estimate of drug-likeness (QED) is 0.407. The lowest BCUT2D eigenvalue weighted by Crippen LogP contribution is -2.47. The Kier molecular flexibility index (Phi) is 6.95. The predicted octanol–water partition coefficient (Wildman–Crippen LogP) is 0.644. The van der Waals surface area contributed by atoms with E-state index in [2.05, 4.69) is 37.2 Å². The molecule has 0 amide bonds. The van der Waals surface area contributed by atoms with E-state index in [9.17, 15) is 8.42 Å². The third kappa shape index (κ3) is 4.95. The molecule has 9 heteroatoms. The number of benzene rings is 1. The van der Waals surface area contributed by atoms with Gasteiger partial charge in [-0.15, -0.1) is 0 Å². The van der Waals surface area contributed by atoms with E-state index < -0.39 is 10.0 Å². The Morgan fingerprint density at radius 1 is 1.10 bits per heavy atom. The van der Waals surface area contributed by atoms with Gasteiger partial charge in [-0.2, -0.15) is 4.31 Å². The fourth-order valence-corrected chi connectivity index (χ4v) is 6.24. The molecule has 0 spiro atoms. The summed E-state index contributed by atoms with van der Waals surface area (Å²) in [6, 6.07) is 7.86. The van der Waals surface area contributed by atoms with Gasteiger partial charge in [0.2, 0.25) is 10.0 Å². The van der Waals surface area contributed by atoms with E-state index in [0.717, 1.165) is 57.2 Å². The largest absolute Gasteiger partial charge is 0.352 e. The topological polar surface area (TPSA) is 71.5 Å². The number of rotatable bonds is 5. The van der Waals surface area contributed by atoms with Gasteiger partial charge >= 0.3 is 0 Å². The Morgan fingerprint density at radius 2 is 1.81 bits per heavy atom. The minimum absolute atomic E-state index is 0.393. The molecule has 3 aliphatic heterocycles. The molecular formula is C22H34N6O2S. The number of aliphatic imine (C=N–C) groups is 1. The number of hydrogen-bond donors (Lipinski definition) is 1. The summed E-state index contributed by atoms with van der Waals surface area (Å²) >= 11 is 0. The number of nitrogens with one attached hydrogen (secondary N) is 1. The van der Waals surface area contributed by atoms with Crippen LogP contribution in [0.15, 0.2) is 46.3 Å². The SMILES string of the molecule is CN=C(NCc1ccccc1S(=O)(=O)N1CCN(C)CC1)N1CCC(N2CC=CC2)C1. The number of piperazine rings is 1. The first-order valence-electron chi connectivity index (χ1n) is 11.1. The first kappa shape index (κ1) is 22.3. The number of hydrogen-bond acceptors (Lipinski definition) is 5. The first-order chi connectivity index (χ1) is 15.0. The number of likely N-dealkylation sites (tertiary alicyclic amines) is 1. The van der Waals surface area contributed by atoms with Gasteiger partial charge in [-0.25, -0.2) is 8.42 Å². The van der Waals surface area contributed by atoms with Crippen LogP contribution in [0.25, 0.3) is 0 Å². The molecule has 0 bridgehead atoms. The predicted molar refractivity (Wildman–Crippen MR) is 124 cm³/mol. The molecule has 1 unspecified atom stereocenters. The molecule has 8 nitrogen and oxygen atoms in total. The average molecular weight is 447 g/mol. The van der Waals surface area contributed by atoms with Crippen molar-refractivity contribution in [3.8, 4) is 0 Å². The Morgan fingerprint density at radius 3 is 2.52 bits per heavy atom. The highest BCUT2D eigenvalue weighted by molar-refractivity contribution is 7.89. The molecule has 0 aromatic heterocycles. The monoisotopic (exact) mass is 446 g/mol. The number of guanidine groups is 1. The van der Waals surface area contributed by atoms with Crippen molar-refractivity contribution < 1.29 is 8.42 Å². The van der Waals surface area contributed by atoms with Crippen LogP contribution in [0.2, 0.25) is 0 Å². The first-order valence-corrected chi connectivity index (χ1v) is 12.5. The highest BCUT2D eigenvalue weighted by Crippen LogP contribution is 2.22. The van der Waals surface area contributed by atoms with Crippen molar-refractivity contribution in [3.05, 3.63) is 42.0 Å². The van der Waals surface area contributed by atoms with Gasteiger partial charge in [0.25, 0.3) is 0 Å². The Bertz CT molecular complexity index is 916. The fraction of sp³-hybridized carbons (Fsp3) is 0.591. The lowest BCUT2D eigenvalue weighted by molar-refractivity contribution is 0.222. The van der Waals surface area contributed by atoms with Crippen molar-refractivity contribution in [2.45, 2.75) is 23.9 Å². The third-order valence-corrected chi connectivity index (χ3v) is 8.53. The minimum atomic E-state index is -3.51. The van der Waals surface area contributed by atoms with Crippen LogP contribution in [0, 0.1) is 0 Å². The fourth-order valence-electron chi connectivity index (χ4n) is 4.60. The van der Waals surface area contributed by atoms with Gasteiger partial charge in [-0.05, 0) is 25.1 Å². The van der Waals surface area contributed by atoms with Crippen LogP contribution >= 0.6 is 0 Å². The molecule has 3 aliphatic rings. The summed E-state index contributed by atoms with van der Waals surface area (Å²) in [7, 11) is 0.306. The molecule has 1 aromatic carbocycles. The molecular weight excluding hydrogens is 412 g/mol. The van der Waals surface area contributed by atoms with Gasteiger partial charge < -0.3 is 15.1 Å². The molecule has 1 aromatic rings. The van der Waals surface area contributed by atoms with E-state index in [1.165, 1.54) is 0 Å². The van der Waals surface area contributed by atoms with Gasteiger partial charge in [-0.1, -0.05) is 30.4 Å². The van der Waals surface area contributed by atoms with Crippen LogP contribution in [0.3, 0.4) is 0 Å². The van der Waals surface area contributed by atoms with Gasteiger partial charge in [0, 0.05) is 72.0 Å². The van der Waals surface area contributed by atoms with Crippen LogP contribution in [0.4, 0.5) is 0 Å². The van der Waals surface area contributed by atoms with Crippen LogP contribution < -0.4 is 5.32 Å². The number of sulfonamides is 1. The van der Waals surface area contributed by atoms with Crippen molar-refractivity contribution >= 4 is 16.0 Å². The molecule has 31 heavy (non-hydrogen) atoms. The maximum Gasteiger partial charge on any atom is 0.243 e. The van der Waals surface area contributed by atoms with Crippen molar-refractivity contribution in [1.82, 2.24) is 24.3 Å². The molecule has 1 N–H and O–H groups in total. The Hall–Kier alpha value is -1.94.